The lowest BCUT2D eigenvalue weighted by Crippen LogP contribution is -2.08. The van der Waals surface area contributed by atoms with E-state index in [1.54, 1.807) is 12.1 Å². The molecule has 0 N–H and O–H groups in total. The monoisotopic (exact) mass is 418 g/mol. The third-order valence-corrected chi connectivity index (χ3v) is 5.20. The van der Waals surface area contributed by atoms with Gasteiger partial charge in [0.05, 0.1) is 22.2 Å². The van der Waals surface area contributed by atoms with Crippen molar-refractivity contribution in [2.75, 3.05) is 0 Å². The molecule has 0 saturated heterocycles. The van der Waals surface area contributed by atoms with Gasteiger partial charge in [-0.25, -0.2) is 4.98 Å². The lowest BCUT2D eigenvalue weighted by atomic mass is 10.1. The number of nitro groups is 1. The number of aromatic nitrogens is 3. The van der Waals surface area contributed by atoms with Gasteiger partial charge in [0.2, 0.25) is 0 Å². The highest BCUT2D eigenvalue weighted by atomic mass is 16.6. The maximum Gasteiger partial charge on any atom is 0.269 e. The zero-order valence-electron chi connectivity index (χ0n) is 18.0. The molecule has 0 unspecified atom stereocenters. The number of hydrogen-bond donors (Lipinski definition) is 0. The van der Waals surface area contributed by atoms with Gasteiger partial charge >= 0.3 is 0 Å². The number of pyridine rings is 1. The fourth-order valence-corrected chi connectivity index (χ4v) is 3.79. The molecule has 0 amide bonds. The second kappa shape index (κ2) is 8.71. The van der Waals surface area contributed by atoms with Crippen molar-refractivity contribution in [3.63, 3.8) is 0 Å². The number of benzene rings is 2. The van der Waals surface area contributed by atoms with Gasteiger partial charge in [0, 0.05) is 36.6 Å². The zero-order valence-corrected chi connectivity index (χ0v) is 18.0. The van der Waals surface area contributed by atoms with Crippen molar-refractivity contribution in [1.82, 2.24) is 14.5 Å². The third kappa shape index (κ3) is 4.35. The number of nitrogens with zero attached hydrogens (tertiary/aromatic N) is 4. The predicted octanol–water partition coefficient (Wildman–Crippen LogP) is 5.68. The average molecular weight is 418 g/mol. The van der Waals surface area contributed by atoms with Gasteiger partial charge in [-0.1, -0.05) is 20.8 Å². The molecule has 0 aliphatic carbocycles. The summed E-state index contributed by atoms with van der Waals surface area (Å²) in [5.74, 6) is 2.33. The second-order valence-electron chi connectivity index (χ2n) is 8.17. The Labute approximate surface area is 180 Å². The normalized spacial score (nSPS) is 11.5. The van der Waals surface area contributed by atoms with Gasteiger partial charge in [-0.3, -0.25) is 15.1 Å². The quantitative estimate of drug-likeness (QED) is 0.271. The summed E-state index contributed by atoms with van der Waals surface area (Å²) in [5, 5.41) is 11.9. The lowest BCUT2D eigenvalue weighted by Gasteiger charge is -2.13. The van der Waals surface area contributed by atoms with E-state index in [1.165, 1.54) is 12.1 Å². The van der Waals surface area contributed by atoms with E-state index in [4.69, 9.17) is 9.72 Å². The fraction of sp³-hybridized carbons (Fsp3) is 0.333. The molecule has 4 rings (SSSR count). The number of fused-ring (bicyclic) bond motifs is 3. The van der Waals surface area contributed by atoms with Crippen molar-refractivity contribution < 1.29 is 9.66 Å². The van der Waals surface area contributed by atoms with Crippen molar-refractivity contribution in [3.8, 4) is 5.75 Å². The van der Waals surface area contributed by atoms with E-state index >= 15 is 0 Å². The molecule has 160 valence electrons. The van der Waals surface area contributed by atoms with Crippen LogP contribution in [0.15, 0.2) is 48.7 Å². The van der Waals surface area contributed by atoms with Crippen LogP contribution in [0.3, 0.4) is 0 Å². The number of ether oxygens (including phenoxy) is 1. The van der Waals surface area contributed by atoms with Crippen LogP contribution in [0.2, 0.25) is 0 Å². The average Bonchev–Trinajstić information content (AvgIpc) is 3.09. The molecule has 0 saturated carbocycles. The van der Waals surface area contributed by atoms with E-state index in [0.717, 1.165) is 52.7 Å². The van der Waals surface area contributed by atoms with Crippen LogP contribution in [0.1, 0.15) is 38.6 Å². The minimum atomic E-state index is -0.406. The molecule has 0 radical (unpaired) electrons. The highest BCUT2D eigenvalue weighted by molar-refractivity contribution is 6.02. The first-order chi connectivity index (χ1) is 15.0. The molecule has 2 aromatic heterocycles. The first-order valence-electron chi connectivity index (χ1n) is 10.6. The molecule has 7 nitrogen and oxygen atoms in total. The maximum absolute atomic E-state index is 10.8. The molecule has 0 aliphatic rings. The summed E-state index contributed by atoms with van der Waals surface area (Å²) in [6, 6.07) is 12.3. The Kier molecular flexibility index (Phi) is 5.84. The van der Waals surface area contributed by atoms with Crippen molar-refractivity contribution in [2.45, 2.75) is 46.8 Å². The van der Waals surface area contributed by atoms with Crippen LogP contribution in [0.4, 0.5) is 5.69 Å². The number of imidazole rings is 1. The zero-order chi connectivity index (χ0) is 22.0. The van der Waals surface area contributed by atoms with Gasteiger partial charge in [-0.05, 0) is 42.2 Å². The minimum Gasteiger partial charge on any atom is -0.489 e. The van der Waals surface area contributed by atoms with Crippen molar-refractivity contribution in [2.24, 2.45) is 5.92 Å². The Hall–Kier alpha value is -3.48. The van der Waals surface area contributed by atoms with Crippen LogP contribution >= 0.6 is 0 Å². The van der Waals surface area contributed by atoms with E-state index in [1.807, 2.05) is 24.4 Å². The Bertz CT molecular complexity index is 1230. The Morgan fingerprint density at radius 1 is 1.13 bits per heavy atom. The standard InChI is InChI=1S/C24H26N4O3/c1-4-5-23-26-22-13-25-21-12-19(10-11-20(21)24(22)27(23)14-16(2)3)31-15-17-6-8-18(9-7-17)28(29)30/h6-13,16H,4-5,14-15H2,1-3H3. The molecule has 2 aromatic carbocycles. The predicted molar refractivity (Wildman–Crippen MR) is 121 cm³/mol. The van der Waals surface area contributed by atoms with Gasteiger partial charge in [0.1, 0.15) is 23.7 Å². The summed E-state index contributed by atoms with van der Waals surface area (Å²) >= 11 is 0. The van der Waals surface area contributed by atoms with Crippen molar-refractivity contribution >= 4 is 27.6 Å². The van der Waals surface area contributed by atoms with E-state index in [0.29, 0.717) is 18.3 Å². The fourth-order valence-electron chi connectivity index (χ4n) is 3.79. The summed E-state index contributed by atoms with van der Waals surface area (Å²) in [6.07, 6.45) is 3.83. The molecule has 2 heterocycles. The van der Waals surface area contributed by atoms with Gasteiger partial charge < -0.3 is 9.30 Å². The van der Waals surface area contributed by atoms with Crippen LogP contribution in [0, 0.1) is 16.0 Å². The highest BCUT2D eigenvalue weighted by Gasteiger charge is 2.15. The topological polar surface area (TPSA) is 83.1 Å². The van der Waals surface area contributed by atoms with Gasteiger partial charge in [0.25, 0.3) is 5.69 Å². The van der Waals surface area contributed by atoms with Gasteiger partial charge in [0.15, 0.2) is 0 Å². The second-order valence-corrected chi connectivity index (χ2v) is 8.17. The Morgan fingerprint density at radius 3 is 2.58 bits per heavy atom. The molecule has 0 bridgehead atoms. The number of nitro benzene ring substituents is 1. The highest BCUT2D eigenvalue weighted by Crippen LogP contribution is 2.29. The first-order valence-corrected chi connectivity index (χ1v) is 10.6. The molecule has 0 fully saturated rings. The summed E-state index contributed by atoms with van der Waals surface area (Å²) < 4.78 is 8.26. The van der Waals surface area contributed by atoms with Crippen LogP contribution < -0.4 is 4.74 Å². The molecule has 7 heteroatoms. The first kappa shape index (κ1) is 20.8. The number of hydrogen-bond acceptors (Lipinski definition) is 5. The third-order valence-electron chi connectivity index (χ3n) is 5.20. The number of non-ortho nitro benzene ring substituents is 1. The lowest BCUT2D eigenvalue weighted by molar-refractivity contribution is -0.384. The van der Waals surface area contributed by atoms with Gasteiger partial charge in [-0.2, -0.15) is 0 Å². The van der Waals surface area contributed by atoms with Gasteiger partial charge in [-0.15, -0.1) is 0 Å². The molecular formula is C24H26N4O3. The SMILES string of the molecule is CCCc1nc2cnc3cc(OCc4ccc([N+](=O)[O-])cc4)ccc3c2n1CC(C)C. The smallest absolute Gasteiger partial charge is 0.269 e. The maximum atomic E-state index is 10.8. The van der Waals surface area contributed by atoms with Crippen molar-refractivity contribution in [1.29, 1.82) is 0 Å². The van der Waals surface area contributed by atoms with E-state index in [9.17, 15) is 10.1 Å². The van der Waals surface area contributed by atoms with Crippen molar-refractivity contribution in [3.05, 3.63) is 70.2 Å². The Morgan fingerprint density at radius 2 is 1.90 bits per heavy atom. The van der Waals surface area contributed by atoms with Crippen LogP contribution in [0.25, 0.3) is 21.9 Å². The Balaban J connectivity index is 1.64. The largest absolute Gasteiger partial charge is 0.489 e. The van der Waals surface area contributed by atoms with E-state index < -0.39 is 4.92 Å². The number of rotatable bonds is 8. The molecule has 31 heavy (non-hydrogen) atoms. The van der Waals surface area contributed by atoms with Crippen LogP contribution in [-0.2, 0) is 19.6 Å². The van der Waals surface area contributed by atoms with E-state index in [2.05, 4.69) is 30.3 Å². The molecule has 0 aliphatic heterocycles. The van der Waals surface area contributed by atoms with E-state index in [-0.39, 0.29) is 5.69 Å². The summed E-state index contributed by atoms with van der Waals surface area (Å²) in [4.78, 5) is 19.8. The molecule has 4 aromatic rings. The van der Waals surface area contributed by atoms with Crippen LogP contribution in [-0.4, -0.2) is 19.5 Å². The minimum absolute atomic E-state index is 0.0723. The molecular weight excluding hydrogens is 392 g/mol. The summed E-state index contributed by atoms with van der Waals surface area (Å²) in [7, 11) is 0. The summed E-state index contributed by atoms with van der Waals surface area (Å²) in [5.41, 5.74) is 3.86. The molecule has 0 spiro atoms. The van der Waals surface area contributed by atoms with Crippen LogP contribution in [0.5, 0.6) is 5.75 Å². The number of aryl methyl sites for hydroxylation is 1. The molecule has 0 atom stereocenters. The summed E-state index contributed by atoms with van der Waals surface area (Å²) in [6.45, 7) is 7.86.